The molecule has 0 bridgehead atoms. The van der Waals surface area contributed by atoms with E-state index in [2.05, 4.69) is 5.32 Å². The Morgan fingerprint density at radius 3 is 2.34 bits per heavy atom. The molecule has 142 valence electrons. The van der Waals surface area contributed by atoms with Crippen molar-refractivity contribution < 1.29 is 13.9 Å². The van der Waals surface area contributed by atoms with Gasteiger partial charge in [0.05, 0.1) is 10.9 Å². The van der Waals surface area contributed by atoms with Gasteiger partial charge in [-0.1, -0.05) is 30.3 Å². The Kier molecular flexibility index (Phi) is 5.21. The number of hydrogen-bond acceptors (Lipinski definition) is 4. The van der Waals surface area contributed by atoms with Crippen molar-refractivity contribution in [2.45, 2.75) is 0 Å². The minimum Gasteiger partial charge on any atom is -0.463 e. The van der Waals surface area contributed by atoms with E-state index in [1.54, 1.807) is 48.5 Å². The molecule has 0 spiro atoms. The highest BCUT2D eigenvalue weighted by molar-refractivity contribution is 6.02. The van der Waals surface area contributed by atoms with Crippen molar-refractivity contribution in [2.24, 2.45) is 0 Å². The van der Waals surface area contributed by atoms with Gasteiger partial charge in [0, 0.05) is 11.8 Å². The van der Waals surface area contributed by atoms with E-state index < -0.39 is 0 Å². The molecule has 0 unspecified atom stereocenters. The summed E-state index contributed by atoms with van der Waals surface area (Å²) in [6.45, 7) is 0. The molecule has 0 saturated heterocycles. The number of carbonyl (C=O) groups is 1. The zero-order chi connectivity index (χ0) is 20.1. The summed E-state index contributed by atoms with van der Waals surface area (Å²) in [6.07, 6.45) is 4.10. The van der Waals surface area contributed by atoms with Crippen molar-refractivity contribution in [1.82, 2.24) is 0 Å². The molecule has 4 rings (SSSR count). The van der Waals surface area contributed by atoms with E-state index in [0.29, 0.717) is 28.0 Å². The molecule has 0 radical (unpaired) electrons. The fourth-order valence-corrected chi connectivity index (χ4v) is 2.79. The minimum atomic E-state index is -0.353. The topological polar surface area (TPSA) is 68.5 Å². The van der Waals surface area contributed by atoms with Crippen LogP contribution in [0.2, 0.25) is 0 Å². The summed E-state index contributed by atoms with van der Waals surface area (Å²) < 4.78 is 11.2. The standard InChI is InChI=1S/C24H17NO4/c26-23(15-10-17-16-28-22-9-5-4-8-21(22)24(17)27)25-18-11-13-20(14-12-18)29-19-6-2-1-3-7-19/h1-16H,(H,25,26)/b15-10+. The molecule has 5 nitrogen and oxygen atoms in total. The molecule has 4 aromatic rings. The molecular formula is C24H17NO4. The summed E-state index contributed by atoms with van der Waals surface area (Å²) in [7, 11) is 0. The van der Waals surface area contributed by atoms with E-state index in [1.165, 1.54) is 18.4 Å². The second kappa shape index (κ2) is 8.27. The highest BCUT2D eigenvalue weighted by Crippen LogP contribution is 2.22. The second-order valence-corrected chi connectivity index (χ2v) is 6.28. The Labute approximate surface area is 166 Å². The largest absolute Gasteiger partial charge is 0.463 e. The van der Waals surface area contributed by atoms with E-state index in [1.807, 2.05) is 30.3 Å². The van der Waals surface area contributed by atoms with Crippen molar-refractivity contribution in [3.8, 4) is 11.5 Å². The SMILES string of the molecule is O=C(/C=C/c1coc2ccccc2c1=O)Nc1ccc(Oc2ccccc2)cc1. The molecule has 1 heterocycles. The first-order valence-corrected chi connectivity index (χ1v) is 9.02. The Morgan fingerprint density at radius 2 is 1.55 bits per heavy atom. The lowest BCUT2D eigenvalue weighted by atomic mass is 10.1. The second-order valence-electron chi connectivity index (χ2n) is 6.28. The van der Waals surface area contributed by atoms with Gasteiger partial charge in [0.2, 0.25) is 5.91 Å². The molecule has 5 heteroatoms. The highest BCUT2D eigenvalue weighted by atomic mass is 16.5. The fraction of sp³-hybridized carbons (Fsp3) is 0. The van der Waals surface area contributed by atoms with Crippen molar-refractivity contribution in [3.63, 3.8) is 0 Å². The van der Waals surface area contributed by atoms with Crippen LogP contribution in [-0.4, -0.2) is 5.91 Å². The van der Waals surface area contributed by atoms with Crippen LogP contribution >= 0.6 is 0 Å². The van der Waals surface area contributed by atoms with Crippen LogP contribution in [0.1, 0.15) is 5.56 Å². The molecule has 0 atom stereocenters. The average molecular weight is 383 g/mol. The fourth-order valence-electron chi connectivity index (χ4n) is 2.79. The van der Waals surface area contributed by atoms with Gasteiger partial charge < -0.3 is 14.5 Å². The van der Waals surface area contributed by atoms with E-state index in [4.69, 9.17) is 9.15 Å². The summed E-state index contributed by atoms with van der Waals surface area (Å²) >= 11 is 0. The molecule has 29 heavy (non-hydrogen) atoms. The Balaban J connectivity index is 1.42. The zero-order valence-electron chi connectivity index (χ0n) is 15.4. The van der Waals surface area contributed by atoms with Gasteiger partial charge in [-0.05, 0) is 54.6 Å². The third-order valence-corrected chi connectivity index (χ3v) is 4.22. The molecule has 0 fully saturated rings. The van der Waals surface area contributed by atoms with Crippen LogP contribution in [0.5, 0.6) is 11.5 Å². The predicted molar refractivity (Wildman–Crippen MR) is 113 cm³/mol. The first-order valence-electron chi connectivity index (χ1n) is 9.02. The van der Waals surface area contributed by atoms with Crippen molar-refractivity contribution in [1.29, 1.82) is 0 Å². The molecular weight excluding hydrogens is 366 g/mol. The van der Waals surface area contributed by atoms with Crippen LogP contribution < -0.4 is 15.5 Å². The number of nitrogens with one attached hydrogen (secondary N) is 1. The zero-order valence-corrected chi connectivity index (χ0v) is 15.4. The maximum Gasteiger partial charge on any atom is 0.248 e. The van der Waals surface area contributed by atoms with Gasteiger partial charge in [0.1, 0.15) is 23.3 Å². The molecule has 1 aromatic heterocycles. The number of benzene rings is 3. The lowest BCUT2D eigenvalue weighted by molar-refractivity contribution is -0.111. The highest BCUT2D eigenvalue weighted by Gasteiger charge is 2.05. The Morgan fingerprint density at radius 1 is 0.862 bits per heavy atom. The number of rotatable bonds is 5. The first kappa shape index (κ1) is 18.3. The maximum absolute atomic E-state index is 12.4. The van der Waals surface area contributed by atoms with Crippen molar-refractivity contribution >= 4 is 28.6 Å². The lowest BCUT2D eigenvalue weighted by Gasteiger charge is -2.07. The van der Waals surface area contributed by atoms with E-state index in [9.17, 15) is 9.59 Å². The minimum absolute atomic E-state index is 0.182. The number of ether oxygens (including phenoxy) is 1. The number of hydrogen-bond donors (Lipinski definition) is 1. The van der Waals surface area contributed by atoms with Gasteiger partial charge in [0.25, 0.3) is 0 Å². The summed E-state index contributed by atoms with van der Waals surface area (Å²) in [5, 5.41) is 3.22. The Bertz CT molecular complexity index is 1230. The molecule has 1 N–H and O–H groups in total. The van der Waals surface area contributed by atoms with Gasteiger partial charge >= 0.3 is 0 Å². The normalized spacial score (nSPS) is 10.9. The number of para-hydroxylation sites is 2. The third kappa shape index (κ3) is 4.42. The summed E-state index contributed by atoms with van der Waals surface area (Å²) in [4.78, 5) is 24.6. The van der Waals surface area contributed by atoms with Crippen LogP contribution in [0.3, 0.4) is 0 Å². The van der Waals surface area contributed by atoms with Crippen LogP contribution in [0.15, 0.2) is 100 Å². The van der Waals surface area contributed by atoms with Crippen LogP contribution in [0.25, 0.3) is 17.0 Å². The lowest BCUT2D eigenvalue weighted by Crippen LogP contribution is -2.09. The van der Waals surface area contributed by atoms with Gasteiger partial charge in [0.15, 0.2) is 5.43 Å². The van der Waals surface area contributed by atoms with Crippen LogP contribution in [-0.2, 0) is 4.79 Å². The van der Waals surface area contributed by atoms with E-state index >= 15 is 0 Å². The third-order valence-electron chi connectivity index (χ3n) is 4.22. The molecule has 3 aromatic carbocycles. The predicted octanol–water partition coefficient (Wildman–Crippen LogP) is 5.24. The average Bonchev–Trinajstić information content (AvgIpc) is 2.76. The molecule has 0 aliphatic rings. The summed E-state index contributed by atoms with van der Waals surface area (Å²) in [6, 6.07) is 23.4. The molecule has 0 aliphatic carbocycles. The molecule has 0 aliphatic heterocycles. The Hall–Kier alpha value is -4.12. The summed E-state index contributed by atoms with van der Waals surface area (Å²) in [5.74, 6) is 1.05. The number of carbonyl (C=O) groups excluding carboxylic acids is 1. The smallest absolute Gasteiger partial charge is 0.248 e. The number of fused-ring (bicyclic) bond motifs is 1. The van der Waals surface area contributed by atoms with Gasteiger partial charge in [-0.15, -0.1) is 0 Å². The maximum atomic E-state index is 12.4. The number of anilines is 1. The van der Waals surface area contributed by atoms with Crippen LogP contribution in [0, 0.1) is 0 Å². The number of amides is 1. The van der Waals surface area contributed by atoms with E-state index in [-0.39, 0.29) is 11.3 Å². The molecule has 0 saturated carbocycles. The van der Waals surface area contributed by atoms with Crippen molar-refractivity contribution in [2.75, 3.05) is 5.32 Å². The molecule has 1 amide bonds. The monoisotopic (exact) mass is 383 g/mol. The first-order chi connectivity index (χ1) is 14.2. The van der Waals surface area contributed by atoms with Crippen molar-refractivity contribution in [3.05, 3.63) is 107 Å². The van der Waals surface area contributed by atoms with Gasteiger partial charge in [-0.2, -0.15) is 0 Å². The van der Waals surface area contributed by atoms with E-state index in [0.717, 1.165) is 5.75 Å². The van der Waals surface area contributed by atoms with Crippen LogP contribution in [0.4, 0.5) is 5.69 Å². The summed E-state index contributed by atoms with van der Waals surface area (Å²) in [5.41, 5.74) is 1.26. The van der Waals surface area contributed by atoms with Gasteiger partial charge in [-0.3, -0.25) is 9.59 Å². The van der Waals surface area contributed by atoms with Gasteiger partial charge in [-0.25, -0.2) is 0 Å². The quantitative estimate of drug-likeness (QED) is 0.479.